The second kappa shape index (κ2) is 9.36. The van der Waals surface area contributed by atoms with Crippen LogP contribution in [0.2, 0.25) is 10.0 Å². The molecule has 1 aromatic heterocycles. The number of guanidine groups is 1. The number of aromatic nitrogens is 2. The Morgan fingerprint density at radius 2 is 1.74 bits per heavy atom. The third kappa shape index (κ3) is 6.19. The molecular formula is C19H13Cl2F4N5O. The summed E-state index contributed by atoms with van der Waals surface area (Å²) in [6.07, 6.45) is -4.64. The largest absolute Gasteiger partial charge is 0.432 e. The average Bonchev–Trinajstić information content (AvgIpc) is 3.16. The van der Waals surface area contributed by atoms with Gasteiger partial charge in [-0.05, 0) is 36.4 Å². The van der Waals surface area contributed by atoms with Crippen LogP contribution in [0.4, 0.5) is 23.4 Å². The zero-order valence-electron chi connectivity index (χ0n) is 15.4. The van der Waals surface area contributed by atoms with Crippen molar-refractivity contribution in [3.63, 3.8) is 0 Å². The predicted molar refractivity (Wildman–Crippen MR) is 109 cm³/mol. The van der Waals surface area contributed by atoms with E-state index >= 15 is 0 Å². The van der Waals surface area contributed by atoms with Crippen molar-refractivity contribution in [2.45, 2.75) is 12.7 Å². The molecule has 0 aliphatic carbocycles. The van der Waals surface area contributed by atoms with Gasteiger partial charge in [-0.2, -0.15) is 18.3 Å². The normalized spacial score (nSPS) is 12.0. The number of carbonyl (C=O) groups is 1. The first kappa shape index (κ1) is 22.6. The molecule has 0 radical (unpaired) electrons. The van der Waals surface area contributed by atoms with Gasteiger partial charge in [0.1, 0.15) is 11.5 Å². The van der Waals surface area contributed by atoms with Crippen molar-refractivity contribution in [1.82, 2.24) is 15.5 Å². The quantitative estimate of drug-likeness (QED) is 0.274. The summed E-state index contributed by atoms with van der Waals surface area (Å²) >= 11 is 11.5. The van der Waals surface area contributed by atoms with Crippen molar-refractivity contribution in [2.75, 3.05) is 5.32 Å². The van der Waals surface area contributed by atoms with Gasteiger partial charge in [-0.1, -0.05) is 29.3 Å². The third-order valence-electron chi connectivity index (χ3n) is 3.89. The first-order valence-corrected chi connectivity index (χ1v) is 9.32. The summed E-state index contributed by atoms with van der Waals surface area (Å²) < 4.78 is 52.4. The number of alkyl halides is 3. The number of hydrogen-bond donors (Lipinski definition) is 3. The molecule has 162 valence electrons. The molecule has 0 bridgehead atoms. The van der Waals surface area contributed by atoms with E-state index in [0.29, 0.717) is 11.1 Å². The summed E-state index contributed by atoms with van der Waals surface area (Å²) in [6.45, 7) is -0.233. The molecule has 12 heteroatoms. The Balaban J connectivity index is 1.84. The van der Waals surface area contributed by atoms with Crippen molar-refractivity contribution in [3.8, 4) is 0 Å². The summed E-state index contributed by atoms with van der Waals surface area (Å²) in [5, 5.41) is 10.9. The van der Waals surface area contributed by atoms with Crippen LogP contribution in [-0.4, -0.2) is 22.1 Å². The molecule has 0 unspecified atom stereocenters. The molecule has 0 saturated heterocycles. The Labute approximate surface area is 183 Å². The molecule has 0 fully saturated rings. The van der Waals surface area contributed by atoms with Gasteiger partial charge in [-0.25, -0.2) is 9.38 Å². The van der Waals surface area contributed by atoms with Gasteiger partial charge in [0, 0.05) is 27.2 Å². The smallest absolute Gasteiger partial charge is 0.309 e. The average molecular weight is 474 g/mol. The Bertz CT molecular complexity index is 1110. The van der Waals surface area contributed by atoms with Crippen molar-refractivity contribution in [2.24, 2.45) is 4.99 Å². The van der Waals surface area contributed by atoms with Crippen LogP contribution in [-0.2, 0) is 12.7 Å². The molecule has 1 heterocycles. The molecule has 3 N–H and O–H groups in total. The molecule has 2 aromatic carbocycles. The summed E-state index contributed by atoms with van der Waals surface area (Å²) in [5.74, 6) is -1.74. The van der Waals surface area contributed by atoms with Crippen molar-refractivity contribution >= 4 is 40.9 Å². The highest BCUT2D eigenvalue weighted by Gasteiger charge is 2.33. The van der Waals surface area contributed by atoms with Crippen LogP contribution in [0.3, 0.4) is 0 Å². The van der Waals surface area contributed by atoms with E-state index in [4.69, 9.17) is 23.2 Å². The van der Waals surface area contributed by atoms with Gasteiger partial charge in [0.25, 0.3) is 5.91 Å². The van der Waals surface area contributed by atoms with Crippen LogP contribution < -0.4 is 10.6 Å². The number of rotatable bonds is 4. The number of nitrogens with zero attached hydrogens (tertiary/aromatic N) is 2. The van der Waals surface area contributed by atoms with Gasteiger partial charge in [0.2, 0.25) is 5.96 Å². The van der Waals surface area contributed by atoms with Gasteiger partial charge < -0.3 is 5.32 Å². The fourth-order valence-electron chi connectivity index (χ4n) is 2.36. The Hall–Kier alpha value is -3.11. The fraction of sp³-hybridized carbons (Fsp3) is 0.105. The number of anilines is 1. The number of amides is 1. The SMILES string of the molecule is O=C(NC(=NCc1ccc(Cl)cc1F)Nc1cc(C(F)(F)F)[nH]n1)c1ccc(Cl)cc1. The Morgan fingerprint density at radius 3 is 2.35 bits per heavy atom. The fourth-order valence-corrected chi connectivity index (χ4v) is 2.64. The molecule has 3 rings (SSSR count). The van der Waals surface area contributed by atoms with Crippen LogP contribution in [0.1, 0.15) is 21.6 Å². The molecule has 0 spiro atoms. The molecule has 0 aliphatic heterocycles. The van der Waals surface area contributed by atoms with E-state index in [0.717, 1.165) is 6.07 Å². The van der Waals surface area contributed by atoms with Gasteiger partial charge in [0.05, 0.1) is 6.54 Å². The lowest BCUT2D eigenvalue weighted by molar-refractivity contribution is -0.141. The second-order valence-corrected chi connectivity index (χ2v) is 7.02. The van der Waals surface area contributed by atoms with E-state index in [1.54, 1.807) is 0 Å². The minimum atomic E-state index is -4.64. The van der Waals surface area contributed by atoms with Crippen LogP contribution in [0.25, 0.3) is 0 Å². The second-order valence-electron chi connectivity index (χ2n) is 6.15. The lowest BCUT2D eigenvalue weighted by Crippen LogP contribution is -2.36. The summed E-state index contributed by atoms with van der Waals surface area (Å²) in [4.78, 5) is 16.5. The number of nitrogens with one attached hydrogen (secondary N) is 3. The van der Waals surface area contributed by atoms with Crippen molar-refractivity contribution < 1.29 is 22.4 Å². The molecule has 0 saturated carbocycles. The lowest BCUT2D eigenvalue weighted by atomic mass is 10.2. The number of hydrogen-bond acceptors (Lipinski definition) is 3. The molecule has 1 amide bonds. The number of carbonyl (C=O) groups excluding carboxylic acids is 1. The van der Waals surface area contributed by atoms with E-state index in [-0.39, 0.29) is 34.5 Å². The molecular weight excluding hydrogens is 461 g/mol. The Kier molecular flexibility index (Phi) is 6.81. The van der Waals surface area contributed by atoms with Crippen molar-refractivity contribution in [3.05, 3.63) is 81.2 Å². The molecule has 31 heavy (non-hydrogen) atoms. The topological polar surface area (TPSA) is 82.2 Å². The first-order chi connectivity index (χ1) is 14.6. The summed E-state index contributed by atoms with van der Waals surface area (Å²) in [7, 11) is 0. The maximum absolute atomic E-state index is 14.0. The molecule has 6 nitrogen and oxygen atoms in total. The zero-order chi connectivity index (χ0) is 22.6. The maximum atomic E-state index is 14.0. The van der Waals surface area contributed by atoms with Crippen LogP contribution >= 0.6 is 23.2 Å². The van der Waals surface area contributed by atoms with Gasteiger partial charge in [-0.15, -0.1) is 0 Å². The van der Waals surface area contributed by atoms with E-state index in [1.165, 1.54) is 36.4 Å². The van der Waals surface area contributed by atoms with Gasteiger partial charge >= 0.3 is 6.18 Å². The van der Waals surface area contributed by atoms with Gasteiger partial charge in [-0.3, -0.25) is 15.2 Å². The highest BCUT2D eigenvalue weighted by Crippen LogP contribution is 2.28. The summed E-state index contributed by atoms with van der Waals surface area (Å²) in [6, 6.07) is 10.5. The highest BCUT2D eigenvalue weighted by atomic mass is 35.5. The highest BCUT2D eigenvalue weighted by molar-refractivity contribution is 6.31. The molecule has 3 aromatic rings. The lowest BCUT2D eigenvalue weighted by Gasteiger charge is -2.10. The molecule has 0 aliphatic rings. The third-order valence-corrected chi connectivity index (χ3v) is 4.38. The van der Waals surface area contributed by atoms with Crippen LogP contribution in [0.5, 0.6) is 0 Å². The van der Waals surface area contributed by atoms with Crippen molar-refractivity contribution in [1.29, 1.82) is 0 Å². The number of benzene rings is 2. The van der Waals surface area contributed by atoms with Crippen LogP contribution in [0, 0.1) is 5.82 Å². The van der Waals surface area contributed by atoms with Gasteiger partial charge in [0.15, 0.2) is 5.82 Å². The summed E-state index contributed by atoms with van der Waals surface area (Å²) in [5.41, 5.74) is -0.723. The monoisotopic (exact) mass is 473 g/mol. The first-order valence-electron chi connectivity index (χ1n) is 8.57. The van der Waals surface area contributed by atoms with E-state index in [2.05, 4.69) is 20.7 Å². The van der Waals surface area contributed by atoms with E-state index in [1.807, 2.05) is 5.10 Å². The molecule has 0 atom stereocenters. The van der Waals surface area contributed by atoms with Crippen LogP contribution in [0.15, 0.2) is 53.5 Å². The minimum absolute atomic E-state index is 0.155. The zero-order valence-corrected chi connectivity index (χ0v) is 16.9. The van der Waals surface area contributed by atoms with E-state index in [9.17, 15) is 22.4 Å². The standard InChI is InChI=1S/C19H13Cl2F4N5O/c20-12-4-1-10(2-5-12)17(31)28-18(26-9-11-3-6-13(21)7-14(11)22)27-16-8-15(29-30-16)19(23,24)25/h1-8H,9H2,(H3,26,27,28,29,30,31). The number of aliphatic imine (C=N–C) groups is 1. The predicted octanol–water partition coefficient (Wildman–Crippen LogP) is 5.27. The van der Waals surface area contributed by atoms with E-state index < -0.39 is 23.6 Å². The number of halogens is 6. The maximum Gasteiger partial charge on any atom is 0.432 e. The minimum Gasteiger partial charge on any atom is -0.309 e. The number of H-pyrrole nitrogens is 1. The Morgan fingerprint density at radius 1 is 1.06 bits per heavy atom. The number of aromatic amines is 1.